The Labute approximate surface area is 108 Å². The van der Waals surface area contributed by atoms with Crippen molar-refractivity contribution < 1.29 is 0 Å². The number of aromatic nitrogens is 1. The molecule has 1 atom stereocenters. The van der Waals surface area contributed by atoms with Crippen LogP contribution in [0.4, 0.5) is 5.82 Å². The first-order valence-electron chi connectivity index (χ1n) is 5.14. The predicted molar refractivity (Wildman–Crippen MR) is 73.2 cm³/mol. The van der Waals surface area contributed by atoms with Gasteiger partial charge >= 0.3 is 0 Å². The van der Waals surface area contributed by atoms with Crippen molar-refractivity contribution in [2.45, 2.75) is 12.8 Å². The Bertz CT molecular complexity index is 425. The van der Waals surface area contributed by atoms with Gasteiger partial charge in [0.1, 0.15) is 5.82 Å². The molecule has 0 radical (unpaired) electrons. The highest BCUT2D eigenvalue weighted by Gasteiger charge is 2.05. The summed E-state index contributed by atoms with van der Waals surface area (Å²) in [4.78, 5) is 5.68. The Morgan fingerprint density at radius 1 is 1.44 bits per heavy atom. The van der Waals surface area contributed by atoms with Crippen LogP contribution in [-0.2, 0) is 0 Å². The van der Waals surface area contributed by atoms with E-state index >= 15 is 0 Å². The van der Waals surface area contributed by atoms with Gasteiger partial charge < -0.3 is 5.32 Å². The zero-order chi connectivity index (χ0) is 11.4. The largest absolute Gasteiger partial charge is 0.369 e. The summed E-state index contributed by atoms with van der Waals surface area (Å²) < 4.78 is 1.00. The highest BCUT2D eigenvalue weighted by molar-refractivity contribution is 9.10. The van der Waals surface area contributed by atoms with E-state index in [1.165, 1.54) is 4.88 Å². The molecule has 0 saturated heterocycles. The number of rotatable bonds is 4. The van der Waals surface area contributed by atoms with Crippen LogP contribution in [-0.4, -0.2) is 11.5 Å². The maximum absolute atomic E-state index is 4.28. The summed E-state index contributed by atoms with van der Waals surface area (Å²) in [6, 6.07) is 8.23. The van der Waals surface area contributed by atoms with Gasteiger partial charge in [0, 0.05) is 28.0 Å². The lowest BCUT2D eigenvalue weighted by atomic mass is 10.1. The van der Waals surface area contributed by atoms with Crippen molar-refractivity contribution in [2.75, 3.05) is 11.9 Å². The van der Waals surface area contributed by atoms with Gasteiger partial charge in [-0.1, -0.05) is 13.0 Å². The van der Waals surface area contributed by atoms with E-state index in [1.807, 2.05) is 12.1 Å². The number of halogens is 1. The fourth-order valence-corrected chi connectivity index (χ4v) is 2.43. The van der Waals surface area contributed by atoms with Gasteiger partial charge in [0.25, 0.3) is 0 Å². The third kappa shape index (κ3) is 3.06. The molecule has 1 N–H and O–H groups in total. The molecule has 4 heteroatoms. The molecular formula is C12H13BrN2S. The summed E-state index contributed by atoms with van der Waals surface area (Å²) in [7, 11) is 0. The van der Waals surface area contributed by atoms with Crippen LogP contribution in [0.5, 0.6) is 0 Å². The Morgan fingerprint density at radius 2 is 2.31 bits per heavy atom. The fraction of sp³-hybridized carbons (Fsp3) is 0.250. The maximum atomic E-state index is 4.28. The monoisotopic (exact) mass is 296 g/mol. The van der Waals surface area contributed by atoms with Gasteiger partial charge in [-0.05, 0) is 39.5 Å². The van der Waals surface area contributed by atoms with E-state index in [-0.39, 0.29) is 0 Å². The molecule has 0 aliphatic heterocycles. The number of nitrogens with zero attached hydrogens (tertiary/aromatic N) is 1. The zero-order valence-electron chi connectivity index (χ0n) is 8.98. The standard InChI is InChI=1S/C12H13BrN2S/c1-9(11-3-2-6-16-11)7-14-12-5-4-10(13)8-15-12/h2-6,8-9H,7H2,1H3,(H,14,15). The topological polar surface area (TPSA) is 24.9 Å². The lowest BCUT2D eigenvalue weighted by Gasteiger charge is -2.11. The number of hydrogen-bond donors (Lipinski definition) is 1. The molecule has 2 nitrogen and oxygen atoms in total. The minimum atomic E-state index is 0.519. The minimum Gasteiger partial charge on any atom is -0.369 e. The first kappa shape index (κ1) is 11.6. The number of nitrogens with one attached hydrogen (secondary N) is 1. The highest BCUT2D eigenvalue weighted by atomic mass is 79.9. The van der Waals surface area contributed by atoms with Crippen LogP contribution in [0, 0.1) is 0 Å². The molecule has 0 amide bonds. The van der Waals surface area contributed by atoms with Crippen molar-refractivity contribution in [3.63, 3.8) is 0 Å². The number of thiophene rings is 1. The van der Waals surface area contributed by atoms with Gasteiger partial charge in [-0.15, -0.1) is 11.3 Å². The van der Waals surface area contributed by atoms with E-state index in [2.05, 4.69) is 50.7 Å². The van der Waals surface area contributed by atoms with Crippen LogP contribution in [0.25, 0.3) is 0 Å². The molecule has 0 aliphatic rings. The van der Waals surface area contributed by atoms with Gasteiger partial charge in [0.15, 0.2) is 0 Å². The predicted octanol–water partition coefficient (Wildman–Crippen LogP) is 4.12. The quantitative estimate of drug-likeness (QED) is 0.918. The molecule has 0 bridgehead atoms. The van der Waals surface area contributed by atoms with Crippen LogP contribution in [0.3, 0.4) is 0 Å². The second kappa shape index (κ2) is 5.46. The molecule has 2 rings (SSSR count). The SMILES string of the molecule is CC(CNc1ccc(Br)cn1)c1cccs1. The first-order chi connectivity index (χ1) is 7.75. The summed E-state index contributed by atoms with van der Waals surface area (Å²) in [6.45, 7) is 3.13. The molecule has 2 aromatic rings. The second-order valence-electron chi connectivity index (χ2n) is 3.66. The molecule has 0 aliphatic carbocycles. The molecule has 2 aromatic heterocycles. The summed E-state index contributed by atoms with van der Waals surface area (Å²) in [5, 5.41) is 5.45. The Hall–Kier alpha value is -0.870. The Kier molecular flexibility index (Phi) is 3.96. The molecule has 0 aromatic carbocycles. The lowest BCUT2D eigenvalue weighted by Crippen LogP contribution is -2.09. The van der Waals surface area contributed by atoms with Crippen LogP contribution in [0.15, 0.2) is 40.3 Å². The summed E-state index contributed by atoms with van der Waals surface area (Å²) in [5.74, 6) is 1.44. The van der Waals surface area contributed by atoms with E-state index in [0.29, 0.717) is 5.92 Å². The molecule has 0 fully saturated rings. The summed E-state index contributed by atoms with van der Waals surface area (Å²) in [5.41, 5.74) is 0. The summed E-state index contributed by atoms with van der Waals surface area (Å²) >= 11 is 5.17. The number of pyridine rings is 1. The average Bonchev–Trinajstić information content (AvgIpc) is 2.81. The van der Waals surface area contributed by atoms with E-state index in [0.717, 1.165) is 16.8 Å². The number of anilines is 1. The van der Waals surface area contributed by atoms with Gasteiger partial charge in [0.05, 0.1) is 0 Å². The Morgan fingerprint density at radius 3 is 2.94 bits per heavy atom. The molecule has 1 unspecified atom stereocenters. The van der Waals surface area contributed by atoms with Gasteiger partial charge in [-0.25, -0.2) is 4.98 Å². The maximum Gasteiger partial charge on any atom is 0.125 e. The fourth-order valence-electron chi connectivity index (χ4n) is 1.41. The minimum absolute atomic E-state index is 0.519. The van der Waals surface area contributed by atoms with Crippen molar-refractivity contribution in [3.8, 4) is 0 Å². The molecule has 0 saturated carbocycles. The lowest BCUT2D eigenvalue weighted by molar-refractivity contribution is 0.819. The average molecular weight is 297 g/mol. The number of hydrogen-bond acceptors (Lipinski definition) is 3. The third-order valence-corrected chi connectivity index (χ3v) is 3.92. The highest BCUT2D eigenvalue weighted by Crippen LogP contribution is 2.21. The van der Waals surface area contributed by atoms with Crippen molar-refractivity contribution in [1.82, 2.24) is 4.98 Å². The van der Waals surface area contributed by atoms with Crippen molar-refractivity contribution in [1.29, 1.82) is 0 Å². The van der Waals surface area contributed by atoms with Gasteiger partial charge in [-0.2, -0.15) is 0 Å². The van der Waals surface area contributed by atoms with Crippen LogP contribution >= 0.6 is 27.3 Å². The third-order valence-electron chi connectivity index (χ3n) is 2.35. The second-order valence-corrected chi connectivity index (χ2v) is 5.55. The Balaban J connectivity index is 1.90. The molecule has 84 valence electrons. The van der Waals surface area contributed by atoms with Crippen LogP contribution in [0.2, 0.25) is 0 Å². The molecule has 0 spiro atoms. The normalized spacial score (nSPS) is 12.4. The van der Waals surface area contributed by atoms with Crippen molar-refractivity contribution in [2.24, 2.45) is 0 Å². The molecular weight excluding hydrogens is 284 g/mol. The van der Waals surface area contributed by atoms with Crippen LogP contribution in [0.1, 0.15) is 17.7 Å². The van der Waals surface area contributed by atoms with Crippen molar-refractivity contribution in [3.05, 3.63) is 45.2 Å². The smallest absolute Gasteiger partial charge is 0.125 e. The summed E-state index contributed by atoms with van der Waals surface area (Å²) in [6.07, 6.45) is 1.80. The molecule has 16 heavy (non-hydrogen) atoms. The van der Waals surface area contributed by atoms with Crippen LogP contribution < -0.4 is 5.32 Å². The molecule has 2 heterocycles. The van der Waals surface area contributed by atoms with E-state index in [9.17, 15) is 0 Å². The van der Waals surface area contributed by atoms with Gasteiger partial charge in [0.2, 0.25) is 0 Å². The van der Waals surface area contributed by atoms with E-state index in [4.69, 9.17) is 0 Å². The van der Waals surface area contributed by atoms with Crippen molar-refractivity contribution >= 4 is 33.1 Å². The van der Waals surface area contributed by atoms with Gasteiger partial charge in [-0.3, -0.25) is 0 Å². The zero-order valence-corrected chi connectivity index (χ0v) is 11.4. The van der Waals surface area contributed by atoms with E-state index < -0.39 is 0 Å². The van der Waals surface area contributed by atoms with E-state index in [1.54, 1.807) is 17.5 Å². The first-order valence-corrected chi connectivity index (χ1v) is 6.82.